The highest BCUT2D eigenvalue weighted by Crippen LogP contribution is 2.25. The Bertz CT molecular complexity index is 1120. The van der Waals surface area contributed by atoms with E-state index < -0.39 is 0 Å². The molecule has 1 amide bonds. The Balaban J connectivity index is 1.41. The summed E-state index contributed by atoms with van der Waals surface area (Å²) in [6.45, 7) is 8.79. The molecule has 1 aliphatic rings. The zero-order valence-electron chi connectivity index (χ0n) is 18.7. The van der Waals surface area contributed by atoms with Gasteiger partial charge in [0.05, 0.1) is 6.07 Å². The fourth-order valence-corrected chi connectivity index (χ4v) is 4.03. The average molecular weight is 430 g/mol. The largest absolute Gasteiger partial charge is 0.416 e. The van der Waals surface area contributed by atoms with E-state index in [0.29, 0.717) is 43.5 Å². The van der Waals surface area contributed by atoms with E-state index in [-0.39, 0.29) is 17.9 Å². The Hall–Kier alpha value is -3.50. The lowest BCUT2D eigenvalue weighted by Gasteiger charge is -2.38. The first-order chi connectivity index (χ1) is 15.5. The molecular formula is C25H27N5O2. The maximum atomic E-state index is 12.9. The van der Waals surface area contributed by atoms with Crippen LogP contribution in [0.1, 0.15) is 29.8 Å². The van der Waals surface area contributed by atoms with E-state index in [9.17, 15) is 10.1 Å². The maximum absolute atomic E-state index is 12.9. The molecule has 32 heavy (non-hydrogen) atoms. The van der Waals surface area contributed by atoms with E-state index in [1.54, 1.807) is 12.1 Å². The van der Waals surface area contributed by atoms with E-state index >= 15 is 0 Å². The Morgan fingerprint density at radius 2 is 1.66 bits per heavy atom. The number of nitriles is 1. The summed E-state index contributed by atoms with van der Waals surface area (Å²) in [5.74, 6) is 1.16. The fourth-order valence-electron chi connectivity index (χ4n) is 4.03. The topological polar surface area (TPSA) is 86.3 Å². The molecular weight excluding hydrogens is 402 g/mol. The van der Waals surface area contributed by atoms with Gasteiger partial charge in [0.2, 0.25) is 11.8 Å². The van der Waals surface area contributed by atoms with Crippen molar-refractivity contribution in [2.75, 3.05) is 26.2 Å². The molecule has 1 saturated heterocycles. The minimum Gasteiger partial charge on any atom is -0.416 e. The maximum Gasteiger partial charge on any atom is 0.253 e. The van der Waals surface area contributed by atoms with Crippen molar-refractivity contribution in [1.29, 1.82) is 5.26 Å². The summed E-state index contributed by atoms with van der Waals surface area (Å²) in [6, 6.07) is 17.5. The van der Waals surface area contributed by atoms with Crippen LogP contribution in [0.2, 0.25) is 0 Å². The van der Waals surface area contributed by atoms with Gasteiger partial charge in [0, 0.05) is 42.9 Å². The molecule has 0 radical (unpaired) electrons. The normalized spacial score (nSPS) is 15.5. The zero-order valence-corrected chi connectivity index (χ0v) is 18.7. The highest BCUT2D eigenvalue weighted by molar-refractivity contribution is 5.94. The van der Waals surface area contributed by atoms with Gasteiger partial charge in [-0.05, 0) is 49.2 Å². The number of nitrogens with zero attached hydrogens (tertiary/aromatic N) is 5. The number of rotatable bonds is 5. The molecule has 2 heterocycles. The van der Waals surface area contributed by atoms with Gasteiger partial charge in [-0.25, -0.2) is 0 Å². The number of carbonyl (C=O) groups excluding carboxylic acids is 1. The first-order valence-electron chi connectivity index (χ1n) is 10.9. The van der Waals surface area contributed by atoms with E-state index in [0.717, 1.165) is 16.7 Å². The minimum absolute atomic E-state index is 0.000216. The van der Waals surface area contributed by atoms with Crippen molar-refractivity contribution in [2.24, 2.45) is 5.92 Å². The highest BCUT2D eigenvalue weighted by atomic mass is 16.4. The van der Waals surface area contributed by atoms with Crippen LogP contribution in [0.25, 0.3) is 22.9 Å². The number of amides is 1. The summed E-state index contributed by atoms with van der Waals surface area (Å²) in [6.07, 6.45) is 0. The third-order valence-electron chi connectivity index (χ3n) is 5.83. The van der Waals surface area contributed by atoms with Crippen LogP contribution in [0.3, 0.4) is 0 Å². The van der Waals surface area contributed by atoms with Crippen LogP contribution in [0, 0.1) is 24.2 Å². The molecule has 164 valence electrons. The molecule has 3 aromatic rings. The molecule has 1 unspecified atom stereocenters. The minimum atomic E-state index is -0.106. The van der Waals surface area contributed by atoms with Gasteiger partial charge in [-0.3, -0.25) is 9.69 Å². The van der Waals surface area contributed by atoms with Gasteiger partial charge in [0.1, 0.15) is 6.04 Å². The molecule has 0 saturated carbocycles. The molecule has 1 aromatic heterocycles. The summed E-state index contributed by atoms with van der Waals surface area (Å²) in [5, 5.41) is 17.7. The van der Waals surface area contributed by atoms with Crippen LogP contribution in [-0.2, 0) is 0 Å². The lowest BCUT2D eigenvalue weighted by molar-refractivity contribution is 0.0577. The third-order valence-corrected chi connectivity index (χ3v) is 5.83. The molecule has 0 spiro atoms. The number of aromatic nitrogens is 2. The molecule has 1 atom stereocenters. The Labute approximate surface area is 188 Å². The molecule has 0 bridgehead atoms. The average Bonchev–Trinajstić information content (AvgIpc) is 3.30. The number of aryl methyl sites for hydroxylation is 1. The smallest absolute Gasteiger partial charge is 0.253 e. The van der Waals surface area contributed by atoms with Crippen molar-refractivity contribution in [1.82, 2.24) is 20.0 Å². The Kier molecular flexibility index (Phi) is 6.33. The molecule has 0 N–H and O–H groups in total. The lowest BCUT2D eigenvalue weighted by atomic mass is 10.0. The van der Waals surface area contributed by atoms with Crippen molar-refractivity contribution in [3.05, 3.63) is 59.7 Å². The summed E-state index contributed by atoms with van der Waals surface area (Å²) in [5.41, 5.74) is 3.40. The van der Waals surface area contributed by atoms with E-state index in [2.05, 4.69) is 35.0 Å². The number of piperazine rings is 1. The fraction of sp³-hybridized carbons (Fsp3) is 0.360. The standard InChI is InChI=1S/C25H27N5O2/c1-17(2)22(16-26)29-11-13-30(14-12-29)25(31)20-9-7-19(8-10-20)23-27-28-24(32-23)21-6-4-5-18(3)15-21/h4-10,15,17,22H,11-14H2,1-3H3. The van der Waals surface area contributed by atoms with Crippen molar-refractivity contribution >= 4 is 5.91 Å². The van der Waals surface area contributed by atoms with Gasteiger partial charge in [-0.1, -0.05) is 31.5 Å². The van der Waals surface area contributed by atoms with E-state index in [1.165, 1.54) is 0 Å². The van der Waals surface area contributed by atoms with Crippen LogP contribution < -0.4 is 0 Å². The van der Waals surface area contributed by atoms with Gasteiger partial charge in [-0.15, -0.1) is 10.2 Å². The van der Waals surface area contributed by atoms with Crippen LogP contribution in [0.4, 0.5) is 0 Å². The SMILES string of the molecule is Cc1cccc(-c2nnc(-c3ccc(C(=O)N4CCN(C(C#N)C(C)C)CC4)cc3)o2)c1. The van der Waals surface area contributed by atoms with Crippen molar-refractivity contribution in [2.45, 2.75) is 26.8 Å². The summed E-state index contributed by atoms with van der Waals surface area (Å²) < 4.78 is 5.84. The van der Waals surface area contributed by atoms with Gasteiger partial charge in [0.15, 0.2) is 0 Å². The van der Waals surface area contributed by atoms with Crippen molar-refractivity contribution < 1.29 is 9.21 Å². The number of hydrogen-bond acceptors (Lipinski definition) is 6. The second-order valence-electron chi connectivity index (χ2n) is 8.51. The van der Waals surface area contributed by atoms with Crippen LogP contribution >= 0.6 is 0 Å². The van der Waals surface area contributed by atoms with Crippen molar-refractivity contribution in [3.8, 4) is 29.0 Å². The number of benzene rings is 2. The van der Waals surface area contributed by atoms with Crippen molar-refractivity contribution in [3.63, 3.8) is 0 Å². The molecule has 1 aliphatic heterocycles. The monoisotopic (exact) mass is 429 g/mol. The summed E-state index contributed by atoms with van der Waals surface area (Å²) in [4.78, 5) is 17.0. The Morgan fingerprint density at radius 3 is 2.25 bits per heavy atom. The van der Waals surface area contributed by atoms with Crippen LogP contribution in [0.5, 0.6) is 0 Å². The van der Waals surface area contributed by atoms with E-state index in [4.69, 9.17) is 4.42 Å². The molecule has 2 aromatic carbocycles. The summed E-state index contributed by atoms with van der Waals surface area (Å²) in [7, 11) is 0. The van der Waals surface area contributed by atoms with Crippen LogP contribution in [0.15, 0.2) is 52.9 Å². The summed E-state index contributed by atoms with van der Waals surface area (Å²) >= 11 is 0. The number of carbonyl (C=O) groups is 1. The molecule has 4 rings (SSSR count). The first-order valence-corrected chi connectivity index (χ1v) is 10.9. The lowest BCUT2D eigenvalue weighted by Crippen LogP contribution is -2.52. The second-order valence-corrected chi connectivity index (χ2v) is 8.51. The predicted molar refractivity (Wildman–Crippen MR) is 122 cm³/mol. The Morgan fingerprint density at radius 1 is 1.00 bits per heavy atom. The highest BCUT2D eigenvalue weighted by Gasteiger charge is 2.28. The molecule has 7 nitrogen and oxygen atoms in total. The van der Waals surface area contributed by atoms with Gasteiger partial charge in [-0.2, -0.15) is 5.26 Å². The van der Waals surface area contributed by atoms with E-state index in [1.807, 2.05) is 48.2 Å². The van der Waals surface area contributed by atoms with Gasteiger partial charge < -0.3 is 9.32 Å². The molecule has 7 heteroatoms. The third kappa shape index (κ3) is 4.56. The molecule has 1 fully saturated rings. The first kappa shape index (κ1) is 21.7. The quantitative estimate of drug-likeness (QED) is 0.609. The molecule has 0 aliphatic carbocycles. The van der Waals surface area contributed by atoms with Crippen LogP contribution in [-0.4, -0.2) is 58.1 Å². The van der Waals surface area contributed by atoms with Gasteiger partial charge >= 0.3 is 0 Å². The second kappa shape index (κ2) is 9.33. The zero-order chi connectivity index (χ0) is 22.7. The number of hydrogen-bond donors (Lipinski definition) is 0. The van der Waals surface area contributed by atoms with Gasteiger partial charge in [0.25, 0.3) is 5.91 Å². The predicted octanol–water partition coefficient (Wildman–Crippen LogP) is 4.02.